The van der Waals surface area contributed by atoms with Crippen LogP contribution in [-0.4, -0.2) is 46.0 Å². The maximum atomic E-state index is 15.0. The number of carbonyl (C=O) groups is 2. The van der Waals surface area contributed by atoms with E-state index in [4.69, 9.17) is 4.74 Å². The summed E-state index contributed by atoms with van der Waals surface area (Å²) in [5, 5.41) is 2.51. The number of allylic oxidation sites excluding steroid dienone is 1. The van der Waals surface area contributed by atoms with Gasteiger partial charge in [0.05, 0.1) is 29.8 Å². The summed E-state index contributed by atoms with van der Waals surface area (Å²) in [6, 6.07) is 5.66. The van der Waals surface area contributed by atoms with Crippen LogP contribution in [0.1, 0.15) is 51.6 Å². The molecule has 0 aliphatic carbocycles. The second kappa shape index (κ2) is 8.86. The number of carbonyl (C=O) groups excluding carboxylic acids is 2. The van der Waals surface area contributed by atoms with Gasteiger partial charge in [0.1, 0.15) is 5.82 Å². The molecule has 0 aromatic heterocycles. The molecule has 1 aromatic rings. The van der Waals surface area contributed by atoms with Gasteiger partial charge in [-0.25, -0.2) is 14.2 Å². The van der Waals surface area contributed by atoms with Crippen LogP contribution in [0.15, 0.2) is 51.6 Å². The lowest BCUT2D eigenvalue weighted by molar-refractivity contribution is -0.143. The molecule has 0 N–H and O–H groups in total. The predicted octanol–water partition coefficient (Wildman–Crippen LogP) is 4.36. The lowest BCUT2D eigenvalue weighted by Gasteiger charge is -2.36. The summed E-state index contributed by atoms with van der Waals surface area (Å²) in [7, 11) is 0. The van der Waals surface area contributed by atoms with Gasteiger partial charge in [-0.05, 0) is 45.1 Å². The summed E-state index contributed by atoms with van der Waals surface area (Å²) in [6.45, 7) is 6.82. The highest BCUT2D eigenvalue weighted by Gasteiger charge is 2.42. The summed E-state index contributed by atoms with van der Waals surface area (Å²) < 4.78 is 20.4. The van der Waals surface area contributed by atoms with Gasteiger partial charge in [0.25, 0.3) is 0 Å². The molecular weight excluding hydrogens is 417 g/mol. The number of hydrogen-bond acceptors (Lipinski definition) is 6. The maximum Gasteiger partial charge on any atom is 0.338 e. The van der Waals surface area contributed by atoms with Gasteiger partial charge >= 0.3 is 5.97 Å². The Morgan fingerprint density at radius 1 is 1.26 bits per heavy atom. The average molecular weight is 444 g/mol. The third kappa shape index (κ3) is 4.26. The Kier molecular flexibility index (Phi) is 6.18. The summed E-state index contributed by atoms with van der Waals surface area (Å²) in [5.41, 5.74) is 1.87. The lowest BCUT2D eigenvalue weighted by atomic mass is 9.93. The van der Waals surface area contributed by atoms with Gasteiger partial charge < -0.3 is 14.5 Å². The van der Waals surface area contributed by atoms with Crippen molar-refractivity contribution in [1.29, 1.82) is 0 Å². The van der Waals surface area contributed by atoms with Gasteiger partial charge in [0.2, 0.25) is 5.91 Å². The Hall–Kier alpha value is -2.61. The van der Waals surface area contributed by atoms with Gasteiger partial charge in [-0.2, -0.15) is 0 Å². The first-order valence-corrected chi connectivity index (χ1v) is 11.4. The Labute approximate surface area is 185 Å². The number of rotatable bonds is 5. The molecule has 1 saturated heterocycles. The molecule has 3 aliphatic heterocycles. The van der Waals surface area contributed by atoms with E-state index in [1.165, 1.54) is 17.8 Å². The minimum absolute atomic E-state index is 0.0375. The third-order valence-electron chi connectivity index (χ3n) is 5.55. The normalized spacial score (nSPS) is 20.7. The molecule has 0 saturated carbocycles. The van der Waals surface area contributed by atoms with Crippen LogP contribution < -0.4 is 0 Å². The van der Waals surface area contributed by atoms with Crippen LogP contribution in [0, 0.1) is 5.82 Å². The molecule has 1 atom stereocenters. The monoisotopic (exact) mass is 443 g/mol. The van der Waals surface area contributed by atoms with Gasteiger partial charge in [-0.15, -0.1) is 0 Å². The molecule has 6 nitrogen and oxygen atoms in total. The molecule has 0 spiro atoms. The first-order valence-electron chi connectivity index (χ1n) is 10.5. The number of amidine groups is 1. The molecule has 3 aliphatic rings. The van der Waals surface area contributed by atoms with Crippen LogP contribution in [0.5, 0.6) is 0 Å². The topological polar surface area (TPSA) is 62.2 Å². The summed E-state index contributed by atoms with van der Waals surface area (Å²) in [4.78, 5) is 34.2. The minimum Gasteiger partial charge on any atom is -0.459 e. The van der Waals surface area contributed by atoms with Gasteiger partial charge in [0.15, 0.2) is 5.17 Å². The molecule has 1 unspecified atom stereocenters. The van der Waals surface area contributed by atoms with Crippen LogP contribution >= 0.6 is 11.8 Å². The highest BCUT2D eigenvalue weighted by Crippen LogP contribution is 2.45. The van der Waals surface area contributed by atoms with Crippen molar-refractivity contribution in [3.8, 4) is 0 Å². The number of hydrogen-bond donors (Lipinski definition) is 0. The second-order valence-corrected chi connectivity index (χ2v) is 8.97. The quantitative estimate of drug-likeness (QED) is 0.633. The maximum absolute atomic E-state index is 15.0. The number of thioether (sulfide) groups is 1. The van der Waals surface area contributed by atoms with E-state index in [-0.39, 0.29) is 18.4 Å². The molecule has 31 heavy (non-hydrogen) atoms. The number of esters is 1. The van der Waals surface area contributed by atoms with E-state index in [0.29, 0.717) is 22.0 Å². The highest BCUT2D eigenvalue weighted by atomic mass is 32.2. The SMILES string of the molecule is CC1=C(C(=O)OC(C)C)C(c2ccccc2F)N2C(CC(=O)N3CCCC3)=CSC2=N1. The Morgan fingerprint density at radius 2 is 1.97 bits per heavy atom. The third-order valence-corrected chi connectivity index (χ3v) is 6.44. The standard InChI is InChI=1S/C23H26FN3O3S/c1-14(2)30-22(29)20-15(3)25-23-27(21(20)17-8-4-5-9-18(17)24)16(13-31-23)12-19(28)26-10-6-7-11-26/h4-5,8-9,13-14,21H,6-7,10-12H2,1-3H3. The number of fused-ring (bicyclic) bond motifs is 1. The van der Waals surface area contributed by atoms with E-state index in [0.717, 1.165) is 31.6 Å². The zero-order valence-electron chi connectivity index (χ0n) is 17.9. The van der Waals surface area contributed by atoms with E-state index < -0.39 is 17.8 Å². The summed E-state index contributed by atoms with van der Waals surface area (Å²) >= 11 is 1.39. The number of ether oxygens (including phenoxy) is 1. The second-order valence-electron chi connectivity index (χ2n) is 8.13. The van der Waals surface area contributed by atoms with Crippen LogP contribution in [0.25, 0.3) is 0 Å². The van der Waals surface area contributed by atoms with E-state index in [2.05, 4.69) is 4.99 Å². The average Bonchev–Trinajstić information content (AvgIpc) is 3.37. The molecule has 0 bridgehead atoms. The fraction of sp³-hybridized carbons (Fsp3) is 0.435. The van der Waals surface area contributed by atoms with Crippen molar-refractivity contribution in [3.05, 3.63) is 58.0 Å². The smallest absolute Gasteiger partial charge is 0.338 e. The van der Waals surface area contributed by atoms with Crippen molar-refractivity contribution in [1.82, 2.24) is 9.80 Å². The summed E-state index contributed by atoms with van der Waals surface area (Å²) in [6.07, 6.45) is 1.89. The number of nitrogens with zero attached hydrogens (tertiary/aromatic N) is 3. The number of amides is 1. The highest BCUT2D eigenvalue weighted by molar-refractivity contribution is 8.16. The van der Waals surface area contributed by atoms with Crippen molar-refractivity contribution in [2.75, 3.05) is 13.1 Å². The van der Waals surface area contributed by atoms with Gasteiger partial charge in [-0.1, -0.05) is 30.0 Å². The molecule has 1 fully saturated rings. The van der Waals surface area contributed by atoms with E-state index in [9.17, 15) is 14.0 Å². The van der Waals surface area contributed by atoms with Crippen LogP contribution in [0.2, 0.25) is 0 Å². The van der Waals surface area contributed by atoms with Gasteiger partial charge in [-0.3, -0.25) is 4.79 Å². The van der Waals surface area contributed by atoms with Crippen molar-refractivity contribution in [2.24, 2.45) is 4.99 Å². The van der Waals surface area contributed by atoms with E-state index in [1.54, 1.807) is 39.0 Å². The van der Waals surface area contributed by atoms with Gasteiger partial charge in [0, 0.05) is 24.4 Å². The van der Waals surface area contributed by atoms with Crippen molar-refractivity contribution < 1.29 is 18.7 Å². The molecule has 4 rings (SSSR count). The van der Waals surface area contributed by atoms with Crippen molar-refractivity contribution >= 4 is 28.8 Å². The molecule has 1 aromatic carbocycles. The van der Waals surface area contributed by atoms with Crippen molar-refractivity contribution in [3.63, 3.8) is 0 Å². The largest absolute Gasteiger partial charge is 0.459 e. The number of aliphatic imine (C=N–C) groups is 1. The Bertz CT molecular complexity index is 996. The van der Waals surface area contributed by atoms with Crippen molar-refractivity contribution in [2.45, 2.75) is 52.2 Å². The van der Waals surface area contributed by atoms with Crippen LogP contribution in [-0.2, 0) is 14.3 Å². The number of likely N-dealkylation sites (tertiary alicyclic amines) is 1. The van der Waals surface area contributed by atoms with Crippen LogP contribution in [0.4, 0.5) is 4.39 Å². The van der Waals surface area contributed by atoms with Crippen LogP contribution in [0.3, 0.4) is 0 Å². The lowest BCUT2D eigenvalue weighted by Crippen LogP contribution is -2.39. The zero-order chi connectivity index (χ0) is 22.1. The number of halogens is 1. The number of benzene rings is 1. The first kappa shape index (κ1) is 21.6. The molecule has 3 heterocycles. The molecule has 8 heteroatoms. The minimum atomic E-state index is -0.743. The molecular formula is C23H26FN3O3S. The molecule has 164 valence electrons. The fourth-order valence-corrected chi connectivity index (χ4v) is 5.10. The summed E-state index contributed by atoms with van der Waals surface area (Å²) in [5.74, 6) is -0.903. The molecule has 1 amide bonds. The molecule has 0 radical (unpaired) electrons. The van der Waals surface area contributed by atoms with E-state index in [1.807, 2.05) is 15.2 Å². The fourth-order valence-electron chi connectivity index (χ4n) is 4.13. The van der Waals surface area contributed by atoms with E-state index >= 15 is 0 Å². The Balaban J connectivity index is 1.73. The first-order chi connectivity index (χ1) is 14.9. The Morgan fingerprint density at radius 3 is 2.65 bits per heavy atom. The predicted molar refractivity (Wildman–Crippen MR) is 118 cm³/mol. The zero-order valence-corrected chi connectivity index (χ0v) is 18.7.